The van der Waals surface area contributed by atoms with Gasteiger partial charge in [0.25, 0.3) is 0 Å². The fourth-order valence-electron chi connectivity index (χ4n) is 1.78. The van der Waals surface area contributed by atoms with Crippen LogP contribution < -0.4 is 0 Å². The molecular weight excluding hydrogens is 214 g/mol. The Kier molecular flexibility index (Phi) is 5.70. The molecule has 1 aromatic rings. The molecule has 94 valence electrons. The lowest BCUT2D eigenvalue weighted by atomic mass is 10.1. The van der Waals surface area contributed by atoms with Gasteiger partial charge in [0.05, 0.1) is 12.2 Å². The van der Waals surface area contributed by atoms with Gasteiger partial charge in [-0.05, 0) is 44.6 Å². The van der Waals surface area contributed by atoms with E-state index in [9.17, 15) is 4.79 Å². The van der Waals surface area contributed by atoms with Gasteiger partial charge in [-0.2, -0.15) is 0 Å². The van der Waals surface area contributed by atoms with Crippen molar-refractivity contribution in [3.05, 3.63) is 35.4 Å². The minimum Gasteiger partial charge on any atom is -0.462 e. The molecule has 1 aromatic carbocycles. The van der Waals surface area contributed by atoms with Crippen molar-refractivity contribution in [1.29, 1.82) is 0 Å². The van der Waals surface area contributed by atoms with Crippen molar-refractivity contribution in [2.45, 2.75) is 26.8 Å². The second-order valence-corrected chi connectivity index (χ2v) is 4.16. The molecule has 0 fully saturated rings. The van der Waals surface area contributed by atoms with Gasteiger partial charge in [-0.3, -0.25) is 0 Å². The summed E-state index contributed by atoms with van der Waals surface area (Å²) in [6.45, 7) is 6.31. The van der Waals surface area contributed by atoms with Gasteiger partial charge in [-0.1, -0.05) is 19.1 Å². The van der Waals surface area contributed by atoms with Crippen LogP contribution in [0.25, 0.3) is 0 Å². The fraction of sp³-hybridized carbons (Fsp3) is 0.500. The predicted octanol–water partition coefficient (Wildman–Crippen LogP) is 2.71. The van der Waals surface area contributed by atoms with Crippen LogP contribution in [-0.4, -0.2) is 31.1 Å². The number of benzene rings is 1. The van der Waals surface area contributed by atoms with E-state index < -0.39 is 0 Å². The molecule has 3 heteroatoms. The van der Waals surface area contributed by atoms with Gasteiger partial charge in [0, 0.05) is 6.54 Å². The van der Waals surface area contributed by atoms with E-state index in [4.69, 9.17) is 4.74 Å². The summed E-state index contributed by atoms with van der Waals surface area (Å²) in [5, 5.41) is 0. The van der Waals surface area contributed by atoms with Crippen LogP contribution >= 0.6 is 0 Å². The van der Waals surface area contributed by atoms with E-state index in [0.717, 1.165) is 25.1 Å². The highest BCUT2D eigenvalue weighted by Crippen LogP contribution is 2.09. The number of hydrogen-bond acceptors (Lipinski definition) is 3. The Morgan fingerprint density at radius 3 is 2.76 bits per heavy atom. The van der Waals surface area contributed by atoms with Gasteiger partial charge >= 0.3 is 5.97 Å². The number of rotatable bonds is 6. The Balaban J connectivity index is 2.68. The summed E-state index contributed by atoms with van der Waals surface area (Å²) in [7, 11) is 2.08. The zero-order valence-electron chi connectivity index (χ0n) is 10.9. The first-order valence-electron chi connectivity index (χ1n) is 6.12. The first kappa shape index (κ1) is 13.7. The van der Waals surface area contributed by atoms with Gasteiger partial charge < -0.3 is 9.64 Å². The summed E-state index contributed by atoms with van der Waals surface area (Å²) in [6.07, 6.45) is 1.13. The highest BCUT2D eigenvalue weighted by atomic mass is 16.5. The van der Waals surface area contributed by atoms with Crippen LogP contribution in [0.4, 0.5) is 0 Å². The summed E-state index contributed by atoms with van der Waals surface area (Å²) in [5.41, 5.74) is 1.78. The molecule has 0 bridgehead atoms. The van der Waals surface area contributed by atoms with Gasteiger partial charge in [0.2, 0.25) is 0 Å². The lowest BCUT2D eigenvalue weighted by Crippen LogP contribution is -2.18. The molecule has 17 heavy (non-hydrogen) atoms. The third-order valence-corrected chi connectivity index (χ3v) is 2.50. The fourth-order valence-corrected chi connectivity index (χ4v) is 1.78. The quantitative estimate of drug-likeness (QED) is 0.710. The Bertz CT molecular complexity index is 363. The van der Waals surface area contributed by atoms with Crippen molar-refractivity contribution in [3.63, 3.8) is 0 Å². The lowest BCUT2D eigenvalue weighted by molar-refractivity contribution is 0.0526. The SMILES string of the molecule is CCCN(C)Cc1cccc(C(=O)OCC)c1. The van der Waals surface area contributed by atoms with E-state index in [-0.39, 0.29) is 5.97 Å². The molecule has 1 rings (SSSR count). The largest absolute Gasteiger partial charge is 0.462 e. The molecular formula is C14H21NO2. The summed E-state index contributed by atoms with van der Waals surface area (Å²) < 4.78 is 4.98. The Hall–Kier alpha value is -1.35. The first-order chi connectivity index (χ1) is 8.17. The maximum absolute atomic E-state index is 11.6. The highest BCUT2D eigenvalue weighted by Gasteiger charge is 2.07. The maximum atomic E-state index is 11.6. The Morgan fingerprint density at radius 2 is 2.12 bits per heavy atom. The Labute approximate surface area is 103 Å². The average Bonchev–Trinajstić information content (AvgIpc) is 2.30. The van der Waals surface area contributed by atoms with Crippen LogP contribution in [0.3, 0.4) is 0 Å². The number of esters is 1. The van der Waals surface area contributed by atoms with Crippen molar-refractivity contribution in [1.82, 2.24) is 4.90 Å². The number of carbonyl (C=O) groups is 1. The average molecular weight is 235 g/mol. The molecule has 0 aliphatic rings. The van der Waals surface area contributed by atoms with Crippen LogP contribution in [0, 0.1) is 0 Å². The van der Waals surface area contributed by atoms with E-state index >= 15 is 0 Å². The van der Waals surface area contributed by atoms with Crippen molar-refractivity contribution in [2.24, 2.45) is 0 Å². The van der Waals surface area contributed by atoms with Crippen LogP contribution in [0.15, 0.2) is 24.3 Å². The molecule has 0 saturated heterocycles. The topological polar surface area (TPSA) is 29.5 Å². The van der Waals surface area contributed by atoms with Crippen molar-refractivity contribution < 1.29 is 9.53 Å². The van der Waals surface area contributed by atoms with Crippen LogP contribution in [-0.2, 0) is 11.3 Å². The van der Waals surface area contributed by atoms with Gasteiger partial charge in [-0.15, -0.1) is 0 Å². The Morgan fingerprint density at radius 1 is 1.35 bits per heavy atom. The van der Waals surface area contributed by atoms with E-state index in [1.165, 1.54) is 0 Å². The molecule has 0 aromatic heterocycles. The number of ether oxygens (including phenoxy) is 1. The molecule has 0 spiro atoms. The minimum absolute atomic E-state index is 0.243. The molecule has 0 N–H and O–H groups in total. The van der Waals surface area contributed by atoms with Crippen molar-refractivity contribution in [3.8, 4) is 0 Å². The summed E-state index contributed by atoms with van der Waals surface area (Å²) >= 11 is 0. The molecule has 0 aliphatic heterocycles. The van der Waals surface area contributed by atoms with Crippen LogP contribution in [0.1, 0.15) is 36.2 Å². The molecule has 0 aliphatic carbocycles. The molecule has 0 unspecified atom stereocenters. The van der Waals surface area contributed by atoms with Crippen LogP contribution in [0.2, 0.25) is 0 Å². The van der Waals surface area contributed by atoms with E-state index in [0.29, 0.717) is 12.2 Å². The molecule has 0 atom stereocenters. The van der Waals surface area contributed by atoms with E-state index in [1.807, 2.05) is 25.1 Å². The summed E-state index contributed by atoms with van der Waals surface area (Å²) in [4.78, 5) is 13.8. The summed E-state index contributed by atoms with van der Waals surface area (Å²) in [5.74, 6) is -0.243. The number of carbonyl (C=O) groups excluding carboxylic acids is 1. The third-order valence-electron chi connectivity index (χ3n) is 2.50. The molecule has 0 amide bonds. The van der Waals surface area contributed by atoms with Gasteiger partial charge in [0.1, 0.15) is 0 Å². The monoisotopic (exact) mass is 235 g/mol. The second kappa shape index (κ2) is 7.07. The van der Waals surface area contributed by atoms with Crippen molar-refractivity contribution >= 4 is 5.97 Å². The number of nitrogens with zero attached hydrogens (tertiary/aromatic N) is 1. The molecule has 0 saturated carbocycles. The smallest absolute Gasteiger partial charge is 0.338 e. The third kappa shape index (κ3) is 4.57. The second-order valence-electron chi connectivity index (χ2n) is 4.16. The molecule has 3 nitrogen and oxygen atoms in total. The zero-order chi connectivity index (χ0) is 12.7. The van der Waals surface area contributed by atoms with E-state index in [2.05, 4.69) is 18.9 Å². The van der Waals surface area contributed by atoms with E-state index in [1.54, 1.807) is 6.07 Å². The molecule has 0 radical (unpaired) electrons. The number of hydrogen-bond donors (Lipinski definition) is 0. The minimum atomic E-state index is -0.243. The predicted molar refractivity (Wildman–Crippen MR) is 69.0 cm³/mol. The van der Waals surface area contributed by atoms with Gasteiger partial charge in [-0.25, -0.2) is 4.79 Å². The molecule has 0 heterocycles. The maximum Gasteiger partial charge on any atom is 0.338 e. The van der Waals surface area contributed by atoms with Gasteiger partial charge in [0.15, 0.2) is 0 Å². The normalized spacial score (nSPS) is 10.6. The highest BCUT2D eigenvalue weighted by molar-refractivity contribution is 5.89. The zero-order valence-corrected chi connectivity index (χ0v) is 10.9. The van der Waals surface area contributed by atoms with Crippen LogP contribution in [0.5, 0.6) is 0 Å². The first-order valence-corrected chi connectivity index (χ1v) is 6.12. The lowest BCUT2D eigenvalue weighted by Gasteiger charge is -2.15. The standard InChI is InChI=1S/C14H21NO2/c1-4-9-15(3)11-12-7-6-8-13(10-12)14(16)17-5-2/h6-8,10H,4-5,9,11H2,1-3H3. The van der Waals surface area contributed by atoms with Crippen molar-refractivity contribution in [2.75, 3.05) is 20.2 Å². The summed E-state index contributed by atoms with van der Waals surface area (Å²) in [6, 6.07) is 7.64.